The molecule has 0 amide bonds. The summed E-state index contributed by atoms with van der Waals surface area (Å²) in [6.45, 7) is 5.43. The summed E-state index contributed by atoms with van der Waals surface area (Å²) >= 11 is 0. The Balaban J connectivity index is 3.65. The molecule has 0 saturated carbocycles. The number of rotatable bonds is 2. The highest BCUT2D eigenvalue weighted by Gasteiger charge is 2.27. The monoisotopic (exact) mass is 248 g/mol. The van der Waals surface area contributed by atoms with E-state index in [1.165, 1.54) is 6.92 Å². The topological polar surface area (TPSA) is 26.3 Å². The number of benzene rings is 1. The van der Waals surface area contributed by atoms with E-state index in [0.29, 0.717) is 0 Å². The van der Waals surface area contributed by atoms with Gasteiger partial charge in [0, 0.05) is 6.92 Å². The Bertz CT molecular complexity index is 509. The fraction of sp³-hybridized carbons (Fsp3) is 0.182. The van der Waals surface area contributed by atoms with Crippen molar-refractivity contribution in [1.82, 2.24) is 0 Å². The first kappa shape index (κ1) is 13.2. The van der Waals surface area contributed by atoms with Gasteiger partial charge in [-0.2, -0.15) is 4.39 Å². The summed E-state index contributed by atoms with van der Waals surface area (Å²) < 4.78 is 56.9. The van der Waals surface area contributed by atoms with Crippen LogP contribution in [0, 0.1) is 23.3 Å². The zero-order valence-electron chi connectivity index (χ0n) is 9.04. The van der Waals surface area contributed by atoms with Gasteiger partial charge in [0.25, 0.3) is 0 Å². The van der Waals surface area contributed by atoms with Crippen LogP contribution in [0.2, 0.25) is 0 Å². The minimum atomic E-state index is -2.04. The van der Waals surface area contributed by atoms with Gasteiger partial charge in [0.05, 0.1) is 5.56 Å². The average molecular weight is 248 g/mol. The van der Waals surface area contributed by atoms with Crippen molar-refractivity contribution < 1.29 is 27.1 Å². The van der Waals surface area contributed by atoms with Gasteiger partial charge < -0.3 is 4.74 Å². The summed E-state index contributed by atoms with van der Waals surface area (Å²) in [7, 11) is 0. The quantitative estimate of drug-likeness (QED) is 0.264. The summed E-state index contributed by atoms with van der Waals surface area (Å²) in [6.07, 6.45) is 0. The Morgan fingerprint density at radius 2 is 1.47 bits per heavy atom. The van der Waals surface area contributed by atoms with Crippen molar-refractivity contribution in [2.24, 2.45) is 0 Å². The molecular weight excluding hydrogens is 240 g/mol. The van der Waals surface area contributed by atoms with Crippen molar-refractivity contribution >= 4 is 11.5 Å². The lowest BCUT2D eigenvalue weighted by Crippen LogP contribution is -2.10. The van der Waals surface area contributed by atoms with Crippen LogP contribution in [0.5, 0.6) is 5.75 Å². The second kappa shape index (κ2) is 4.57. The van der Waals surface area contributed by atoms with Crippen LogP contribution in [0.4, 0.5) is 17.6 Å². The Hall–Kier alpha value is -1.85. The largest absolute Gasteiger partial charge is 0.423 e. The van der Waals surface area contributed by atoms with Crippen LogP contribution in [-0.4, -0.2) is 5.97 Å². The lowest BCUT2D eigenvalue weighted by Gasteiger charge is -2.12. The first-order chi connectivity index (χ1) is 7.77. The van der Waals surface area contributed by atoms with Crippen LogP contribution < -0.4 is 4.74 Å². The Labute approximate surface area is 94.5 Å². The number of esters is 1. The average Bonchev–Trinajstić information content (AvgIpc) is 2.22. The van der Waals surface area contributed by atoms with Crippen LogP contribution in [0.1, 0.15) is 19.4 Å². The normalized spacial score (nSPS) is 10.2. The molecule has 1 aromatic rings. The molecule has 0 bridgehead atoms. The van der Waals surface area contributed by atoms with Crippen LogP contribution in [0.25, 0.3) is 5.57 Å². The molecule has 17 heavy (non-hydrogen) atoms. The molecule has 0 aliphatic carbocycles. The Morgan fingerprint density at radius 1 is 1.00 bits per heavy atom. The van der Waals surface area contributed by atoms with E-state index < -0.39 is 40.6 Å². The highest BCUT2D eigenvalue weighted by Crippen LogP contribution is 2.34. The third-order valence-electron chi connectivity index (χ3n) is 1.90. The number of carbonyl (C=O) groups is 1. The van der Waals surface area contributed by atoms with Crippen molar-refractivity contribution in [3.8, 4) is 5.75 Å². The van der Waals surface area contributed by atoms with Crippen molar-refractivity contribution in [3.05, 3.63) is 35.4 Å². The van der Waals surface area contributed by atoms with Crippen LogP contribution in [-0.2, 0) is 4.79 Å². The van der Waals surface area contributed by atoms with Gasteiger partial charge >= 0.3 is 5.97 Å². The molecule has 1 aromatic carbocycles. The summed E-state index contributed by atoms with van der Waals surface area (Å²) in [5, 5.41) is 0. The minimum Gasteiger partial charge on any atom is -0.423 e. The molecule has 92 valence electrons. The number of allylic oxidation sites excluding steroid dienone is 1. The van der Waals surface area contributed by atoms with E-state index in [4.69, 9.17) is 0 Å². The second-order valence-corrected chi connectivity index (χ2v) is 3.33. The molecule has 0 atom stereocenters. The molecule has 0 unspecified atom stereocenters. The molecule has 1 rings (SSSR count). The smallest absolute Gasteiger partial charge is 0.308 e. The zero-order valence-corrected chi connectivity index (χ0v) is 9.04. The molecule has 0 spiro atoms. The van der Waals surface area contributed by atoms with Crippen LogP contribution >= 0.6 is 0 Å². The van der Waals surface area contributed by atoms with Gasteiger partial charge in [-0.15, -0.1) is 0 Å². The predicted octanol–water partition coefficient (Wildman–Crippen LogP) is 3.20. The first-order valence-electron chi connectivity index (χ1n) is 4.47. The maximum atomic E-state index is 13.4. The Kier molecular flexibility index (Phi) is 3.55. The van der Waals surface area contributed by atoms with Crippen LogP contribution in [0.3, 0.4) is 0 Å². The van der Waals surface area contributed by atoms with Gasteiger partial charge in [-0.3, -0.25) is 4.79 Å². The maximum absolute atomic E-state index is 13.4. The molecule has 0 radical (unpaired) electrons. The molecule has 0 aliphatic heterocycles. The second-order valence-electron chi connectivity index (χ2n) is 3.33. The molecule has 0 fully saturated rings. The van der Waals surface area contributed by atoms with Gasteiger partial charge in [-0.25, -0.2) is 13.2 Å². The minimum absolute atomic E-state index is 0.100. The molecule has 0 aromatic heterocycles. The third-order valence-corrected chi connectivity index (χ3v) is 1.90. The van der Waals surface area contributed by atoms with Gasteiger partial charge in [0.15, 0.2) is 17.4 Å². The molecule has 0 saturated heterocycles. The fourth-order valence-electron chi connectivity index (χ4n) is 1.23. The lowest BCUT2D eigenvalue weighted by molar-refractivity contribution is -0.132. The standard InChI is InChI=1S/C11H8F4O2/c1-4(2)6-7(12)8(13)9(14)10(15)11(6)17-5(3)16/h1H2,2-3H3. The number of hydrogen-bond donors (Lipinski definition) is 0. The first-order valence-corrected chi connectivity index (χ1v) is 4.47. The van der Waals surface area contributed by atoms with Gasteiger partial charge in [-0.05, 0) is 12.5 Å². The van der Waals surface area contributed by atoms with Gasteiger partial charge in [0.1, 0.15) is 0 Å². The summed E-state index contributed by atoms with van der Waals surface area (Å²) in [6, 6.07) is 0. The van der Waals surface area contributed by atoms with E-state index in [1.54, 1.807) is 0 Å². The van der Waals surface area contributed by atoms with Crippen molar-refractivity contribution in [2.45, 2.75) is 13.8 Å². The number of hydrogen-bond acceptors (Lipinski definition) is 2. The van der Waals surface area contributed by atoms with E-state index in [0.717, 1.165) is 6.92 Å². The summed E-state index contributed by atoms with van der Waals surface area (Å²) in [5.74, 6) is -9.41. The number of carbonyl (C=O) groups excluding carboxylic acids is 1. The SMILES string of the molecule is C=C(C)c1c(F)c(F)c(F)c(F)c1OC(C)=O. The summed E-state index contributed by atoms with van der Waals surface area (Å²) in [5.41, 5.74) is -0.798. The van der Waals surface area contributed by atoms with Gasteiger partial charge in [-0.1, -0.05) is 6.58 Å². The zero-order chi connectivity index (χ0) is 13.3. The molecule has 0 N–H and O–H groups in total. The maximum Gasteiger partial charge on any atom is 0.308 e. The van der Waals surface area contributed by atoms with Crippen LogP contribution in [0.15, 0.2) is 6.58 Å². The van der Waals surface area contributed by atoms with E-state index in [9.17, 15) is 22.4 Å². The van der Waals surface area contributed by atoms with E-state index in [-0.39, 0.29) is 5.57 Å². The fourth-order valence-corrected chi connectivity index (χ4v) is 1.23. The lowest BCUT2D eigenvalue weighted by atomic mass is 10.1. The van der Waals surface area contributed by atoms with E-state index >= 15 is 0 Å². The molecule has 2 nitrogen and oxygen atoms in total. The van der Waals surface area contributed by atoms with Crippen molar-refractivity contribution in [1.29, 1.82) is 0 Å². The highest BCUT2D eigenvalue weighted by atomic mass is 19.2. The van der Waals surface area contributed by atoms with E-state index in [2.05, 4.69) is 11.3 Å². The third kappa shape index (κ3) is 2.30. The highest BCUT2D eigenvalue weighted by molar-refractivity contribution is 5.75. The molecule has 6 heteroatoms. The van der Waals surface area contributed by atoms with Crippen molar-refractivity contribution in [3.63, 3.8) is 0 Å². The number of halogens is 4. The molecule has 0 aliphatic rings. The predicted molar refractivity (Wildman–Crippen MR) is 52.3 cm³/mol. The van der Waals surface area contributed by atoms with E-state index in [1.807, 2.05) is 0 Å². The molecular formula is C11H8F4O2. The number of ether oxygens (including phenoxy) is 1. The van der Waals surface area contributed by atoms with Gasteiger partial charge in [0.2, 0.25) is 11.6 Å². The Morgan fingerprint density at radius 3 is 1.88 bits per heavy atom. The van der Waals surface area contributed by atoms with Crippen molar-refractivity contribution in [2.75, 3.05) is 0 Å². The summed E-state index contributed by atoms with van der Waals surface area (Å²) in [4.78, 5) is 10.7. The molecule has 0 heterocycles.